The lowest BCUT2D eigenvalue weighted by atomic mass is 9.76. The van der Waals surface area contributed by atoms with Crippen LogP contribution in [0.2, 0.25) is 0 Å². The summed E-state index contributed by atoms with van der Waals surface area (Å²) >= 11 is 0. The fraction of sp³-hybridized carbons (Fsp3) is 0.636. The molecule has 1 saturated carbocycles. The van der Waals surface area contributed by atoms with Crippen LogP contribution in [0, 0.1) is 11.8 Å². The van der Waals surface area contributed by atoms with Gasteiger partial charge in [-0.3, -0.25) is 0 Å². The maximum Gasteiger partial charge on any atom is -0.0157 e. The van der Waals surface area contributed by atoms with E-state index in [1.165, 1.54) is 19.3 Å². The van der Waals surface area contributed by atoms with Crippen molar-refractivity contribution in [2.24, 2.45) is 11.8 Å². The van der Waals surface area contributed by atoms with E-state index in [4.69, 9.17) is 0 Å². The summed E-state index contributed by atoms with van der Waals surface area (Å²) in [4.78, 5) is 0. The van der Waals surface area contributed by atoms with Gasteiger partial charge in [0.25, 0.3) is 0 Å². The lowest BCUT2D eigenvalue weighted by Gasteiger charge is -2.29. The van der Waals surface area contributed by atoms with E-state index >= 15 is 0 Å². The maximum absolute atomic E-state index is 2.41. The summed E-state index contributed by atoms with van der Waals surface area (Å²) in [6, 6.07) is 0. The Kier molecular flexibility index (Phi) is 1.63. The molecule has 0 bridgehead atoms. The van der Waals surface area contributed by atoms with Crippen LogP contribution >= 0.6 is 0 Å². The highest BCUT2D eigenvalue weighted by atomic mass is 14.3. The van der Waals surface area contributed by atoms with Crippen molar-refractivity contribution < 1.29 is 0 Å². The largest absolute Gasteiger partial charge is 0.0772 e. The van der Waals surface area contributed by atoms with Gasteiger partial charge in [0, 0.05) is 0 Å². The molecule has 0 radical (unpaired) electrons. The summed E-state index contributed by atoms with van der Waals surface area (Å²) in [7, 11) is 0. The standard InChI is InChI=1S/C11H16/c1-8-6-7-10-4-3-5-11(10)9(8)2/h4-5,8-9H,3,6-7H2,1-2H3/t8-,9-/m0/s1. The van der Waals surface area contributed by atoms with Crippen LogP contribution < -0.4 is 0 Å². The first-order valence-electron chi connectivity index (χ1n) is 4.68. The van der Waals surface area contributed by atoms with Crippen molar-refractivity contribution in [3.8, 4) is 0 Å². The molecule has 0 N–H and O–H groups in total. The molecule has 1 fully saturated rings. The first-order valence-corrected chi connectivity index (χ1v) is 4.68. The number of allylic oxidation sites excluding steroid dienone is 4. The fourth-order valence-corrected chi connectivity index (χ4v) is 2.24. The highest BCUT2D eigenvalue weighted by molar-refractivity contribution is 5.40. The van der Waals surface area contributed by atoms with Crippen LogP contribution in [-0.2, 0) is 0 Å². The fourth-order valence-electron chi connectivity index (χ4n) is 2.24. The van der Waals surface area contributed by atoms with Crippen molar-refractivity contribution >= 4 is 0 Å². The predicted octanol–water partition coefficient (Wildman–Crippen LogP) is 3.31. The van der Waals surface area contributed by atoms with Crippen molar-refractivity contribution in [3.63, 3.8) is 0 Å². The third-order valence-electron chi connectivity index (χ3n) is 3.29. The van der Waals surface area contributed by atoms with Crippen molar-refractivity contribution in [3.05, 3.63) is 23.3 Å². The van der Waals surface area contributed by atoms with E-state index in [2.05, 4.69) is 26.0 Å². The van der Waals surface area contributed by atoms with Crippen molar-refractivity contribution in [2.75, 3.05) is 0 Å². The lowest BCUT2D eigenvalue weighted by molar-refractivity contribution is 0.386. The summed E-state index contributed by atoms with van der Waals surface area (Å²) < 4.78 is 0. The molecule has 0 heterocycles. The van der Waals surface area contributed by atoms with Crippen LogP contribution in [0.4, 0.5) is 0 Å². The van der Waals surface area contributed by atoms with Gasteiger partial charge in [0.15, 0.2) is 0 Å². The Labute approximate surface area is 69.0 Å². The average Bonchev–Trinajstić information content (AvgIpc) is 2.45. The third kappa shape index (κ3) is 1.05. The van der Waals surface area contributed by atoms with E-state index < -0.39 is 0 Å². The summed E-state index contributed by atoms with van der Waals surface area (Å²) in [5.74, 6) is 1.72. The van der Waals surface area contributed by atoms with Crippen molar-refractivity contribution in [1.82, 2.24) is 0 Å². The van der Waals surface area contributed by atoms with Gasteiger partial charge in [0.05, 0.1) is 0 Å². The minimum Gasteiger partial charge on any atom is -0.0772 e. The zero-order valence-corrected chi connectivity index (χ0v) is 7.43. The molecule has 0 unspecified atom stereocenters. The van der Waals surface area contributed by atoms with E-state index in [-0.39, 0.29) is 0 Å². The molecule has 11 heavy (non-hydrogen) atoms. The lowest BCUT2D eigenvalue weighted by Crippen LogP contribution is -2.16. The highest BCUT2D eigenvalue weighted by Crippen LogP contribution is 2.40. The van der Waals surface area contributed by atoms with Gasteiger partial charge in [-0.2, -0.15) is 0 Å². The van der Waals surface area contributed by atoms with Gasteiger partial charge >= 0.3 is 0 Å². The van der Waals surface area contributed by atoms with E-state index in [1.54, 1.807) is 11.1 Å². The molecule has 0 aromatic heterocycles. The first kappa shape index (κ1) is 7.15. The van der Waals surface area contributed by atoms with E-state index in [1.807, 2.05) is 0 Å². The smallest absolute Gasteiger partial charge is 0.0157 e. The third-order valence-corrected chi connectivity index (χ3v) is 3.29. The molecule has 0 aromatic rings. The molecule has 2 aliphatic carbocycles. The molecule has 0 aliphatic heterocycles. The molecule has 60 valence electrons. The normalized spacial score (nSPS) is 36.2. The molecule has 0 saturated heterocycles. The quantitative estimate of drug-likeness (QED) is 0.494. The number of hydrogen-bond acceptors (Lipinski definition) is 0. The molecular weight excluding hydrogens is 132 g/mol. The Morgan fingerprint density at radius 1 is 1.27 bits per heavy atom. The van der Waals surface area contributed by atoms with Crippen LogP contribution in [0.5, 0.6) is 0 Å². The van der Waals surface area contributed by atoms with Crippen LogP contribution in [0.25, 0.3) is 0 Å². The summed E-state index contributed by atoms with van der Waals surface area (Å²) in [5, 5.41) is 0. The minimum atomic E-state index is 0.817. The predicted molar refractivity (Wildman–Crippen MR) is 48.3 cm³/mol. The van der Waals surface area contributed by atoms with Gasteiger partial charge in [-0.05, 0) is 42.2 Å². The summed E-state index contributed by atoms with van der Waals surface area (Å²) in [6.45, 7) is 4.75. The van der Waals surface area contributed by atoms with Crippen LogP contribution in [0.15, 0.2) is 23.3 Å². The van der Waals surface area contributed by atoms with Crippen LogP contribution in [-0.4, -0.2) is 0 Å². The second-order valence-electron chi connectivity index (χ2n) is 3.93. The molecule has 2 rings (SSSR count). The molecule has 0 spiro atoms. The first-order chi connectivity index (χ1) is 5.29. The molecule has 0 nitrogen and oxygen atoms in total. The van der Waals surface area contributed by atoms with Gasteiger partial charge in [-0.15, -0.1) is 0 Å². The molecule has 0 heteroatoms. The summed E-state index contributed by atoms with van der Waals surface area (Å²) in [6.07, 6.45) is 8.73. The summed E-state index contributed by atoms with van der Waals surface area (Å²) in [5.41, 5.74) is 3.30. The van der Waals surface area contributed by atoms with Gasteiger partial charge in [-0.1, -0.05) is 26.0 Å². The SMILES string of the molecule is C[C@@H]1C2=CCC=C2CC[C@@H]1C. The molecule has 2 atom stereocenters. The molecule has 0 amide bonds. The number of hydrogen-bond donors (Lipinski definition) is 0. The van der Waals surface area contributed by atoms with Crippen molar-refractivity contribution in [1.29, 1.82) is 0 Å². The zero-order chi connectivity index (χ0) is 7.84. The minimum absolute atomic E-state index is 0.817. The Morgan fingerprint density at radius 2 is 2.09 bits per heavy atom. The second-order valence-corrected chi connectivity index (χ2v) is 3.93. The second kappa shape index (κ2) is 2.51. The van der Waals surface area contributed by atoms with Crippen LogP contribution in [0.3, 0.4) is 0 Å². The Morgan fingerprint density at radius 3 is 2.91 bits per heavy atom. The number of rotatable bonds is 0. The molecule has 0 aromatic carbocycles. The zero-order valence-electron chi connectivity index (χ0n) is 7.43. The van der Waals surface area contributed by atoms with Gasteiger partial charge in [-0.25, -0.2) is 0 Å². The number of fused-ring (bicyclic) bond motifs is 1. The Hall–Kier alpha value is -0.520. The van der Waals surface area contributed by atoms with Gasteiger partial charge in [0.1, 0.15) is 0 Å². The van der Waals surface area contributed by atoms with Crippen LogP contribution in [0.1, 0.15) is 33.1 Å². The maximum atomic E-state index is 2.41. The van der Waals surface area contributed by atoms with Gasteiger partial charge in [0.2, 0.25) is 0 Å². The highest BCUT2D eigenvalue weighted by Gasteiger charge is 2.26. The monoisotopic (exact) mass is 148 g/mol. The molecule has 2 aliphatic rings. The van der Waals surface area contributed by atoms with E-state index in [0.29, 0.717) is 0 Å². The van der Waals surface area contributed by atoms with E-state index in [9.17, 15) is 0 Å². The van der Waals surface area contributed by atoms with Gasteiger partial charge < -0.3 is 0 Å². The topological polar surface area (TPSA) is 0 Å². The Bertz CT molecular complexity index is 220. The van der Waals surface area contributed by atoms with E-state index in [0.717, 1.165) is 11.8 Å². The Balaban J connectivity index is 2.25. The van der Waals surface area contributed by atoms with Crippen molar-refractivity contribution in [2.45, 2.75) is 33.1 Å². The molecular formula is C11H16. The average molecular weight is 148 g/mol.